The van der Waals surface area contributed by atoms with Gasteiger partial charge in [-0.15, -0.1) is 0 Å². The molecule has 0 aliphatic carbocycles. The van der Waals surface area contributed by atoms with Crippen LogP contribution in [0.5, 0.6) is 11.5 Å². The van der Waals surface area contributed by atoms with E-state index >= 15 is 0 Å². The number of aromatic hydroxyl groups is 1. The van der Waals surface area contributed by atoms with E-state index in [2.05, 4.69) is 15.0 Å². The van der Waals surface area contributed by atoms with Gasteiger partial charge >= 0.3 is 0 Å². The first-order valence-electron chi connectivity index (χ1n) is 11.2. The molecule has 0 radical (unpaired) electrons. The molecule has 2 heterocycles. The zero-order chi connectivity index (χ0) is 26.8. The van der Waals surface area contributed by atoms with Crippen LogP contribution < -0.4 is 4.74 Å². The van der Waals surface area contributed by atoms with E-state index in [4.69, 9.17) is 27.9 Å². The van der Waals surface area contributed by atoms with Gasteiger partial charge in [-0.25, -0.2) is 19.3 Å². The third kappa shape index (κ3) is 5.13. The van der Waals surface area contributed by atoms with Crippen molar-refractivity contribution in [3.8, 4) is 45.5 Å². The van der Waals surface area contributed by atoms with Crippen molar-refractivity contribution in [2.45, 2.75) is 11.8 Å². The van der Waals surface area contributed by atoms with Gasteiger partial charge < -0.3 is 15.1 Å². The first kappa shape index (κ1) is 25.8. The molecule has 0 saturated heterocycles. The predicted molar refractivity (Wildman–Crippen MR) is 146 cm³/mol. The molecule has 2 N–H and O–H groups in total. The molecule has 11 heteroatoms. The molecular weight excluding hydrogens is 550 g/mol. The molecule has 192 valence electrons. The minimum Gasteiger partial charge on any atom is -0.508 e. The van der Waals surface area contributed by atoms with E-state index in [-0.39, 0.29) is 50.9 Å². The Morgan fingerprint density at radius 1 is 1.00 bits per heavy atom. The van der Waals surface area contributed by atoms with Gasteiger partial charge in [0, 0.05) is 11.8 Å². The van der Waals surface area contributed by atoms with Crippen LogP contribution in [-0.4, -0.2) is 36.3 Å². The Morgan fingerprint density at radius 2 is 1.74 bits per heavy atom. The Balaban J connectivity index is 1.67. The van der Waals surface area contributed by atoms with E-state index in [0.717, 1.165) is 10.3 Å². The van der Waals surface area contributed by atoms with E-state index in [9.17, 15) is 14.7 Å². The highest BCUT2D eigenvalue weighted by atomic mass is 35.5. The maximum Gasteiger partial charge on any atom is 0.187 e. The highest BCUT2D eigenvalue weighted by Gasteiger charge is 2.26. The molecular formula is C27H19Cl2FN4O3S. The molecule has 5 rings (SSSR count). The number of thioether (sulfide) groups is 1. The molecule has 0 fully saturated rings. The quantitative estimate of drug-likeness (QED) is 0.120. The van der Waals surface area contributed by atoms with Gasteiger partial charge in [-0.1, -0.05) is 65.3 Å². The lowest BCUT2D eigenvalue weighted by Gasteiger charge is -2.11. The average molecular weight is 569 g/mol. The van der Waals surface area contributed by atoms with Gasteiger partial charge in [0.25, 0.3) is 0 Å². The van der Waals surface area contributed by atoms with Crippen LogP contribution in [0.15, 0.2) is 78.1 Å². The Hall–Kier alpha value is -3.79. The number of nitrogens with zero attached hydrogens (tertiary/aromatic N) is 4. The fourth-order valence-electron chi connectivity index (χ4n) is 3.85. The fraction of sp³-hybridized carbons (Fsp3) is 0.0741. The van der Waals surface area contributed by atoms with Crippen LogP contribution in [-0.2, 0) is 6.61 Å². The molecule has 5 aromatic rings. The Labute approximate surface area is 231 Å². The molecule has 0 amide bonds. The lowest BCUT2D eigenvalue weighted by atomic mass is 10.1. The van der Waals surface area contributed by atoms with Crippen molar-refractivity contribution in [2.75, 3.05) is 6.26 Å². The van der Waals surface area contributed by atoms with Gasteiger partial charge in [-0.05, 0) is 48.2 Å². The molecule has 0 spiro atoms. The monoisotopic (exact) mass is 568 g/mol. The van der Waals surface area contributed by atoms with Crippen molar-refractivity contribution in [3.05, 3.63) is 94.4 Å². The molecule has 0 aliphatic heterocycles. The summed E-state index contributed by atoms with van der Waals surface area (Å²) < 4.78 is 21.3. The number of hydrogen-bond acceptors (Lipinski definition) is 7. The van der Waals surface area contributed by atoms with Crippen LogP contribution >= 0.6 is 35.0 Å². The van der Waals surface area contributed by atoms with Crippen molar-refractivity contribution in [2.24, 2.45) is 0 Å². The van der Waals surface area contributed by atoms with E-state index in [1.54, 1.807) is 12.3 Å². The number of phenolic OH excluding ortho intramolecular Hbond substituents is 1. The summed E-state index contributed by atoms with van der Waals surface area (Å²) in [7, 11) is 0. The minimum absolute atomic E-state index is 0.00499. The second kappa shape index (κ2) is 10.9. The normalized spacial score (nSPS) is 11.1. The minimum atomic E-state index is -0.563. The van der Waals surface area contributed by atoms with E-state index in [0.29, 0.717) is 16.4 Å². The van der Waals surface area contributed by atoms with Crippen molar-refractivity contribution in [1.82, 2.24) is 19.7 Å². The molecule has 7 nitrogen and oxygen atoms in total. The van der Waals surface area contributed by atoms with Gasteiger partial charge in [0.15, 0.2) is 22.5 Å². The lowest BCUT2D eigenvalue weighted by molar-refractivity contribution is 0.195. The SMILES string of the molecule is CSc1nccc(-c2nc(-c3c(Cl)cc(O)cc3Cl)n(O)c2-c2ccc(F)c(OCc3ccccc3)c2)n1. The maximum atomic E-state index is 14.7. The third-order valence-corrected chi connectivity index (χ3v) is 6.76. The largest absolute Gasteiger partial charge is 0.508 e. The standard InChI is InChI=1S/C27H19Cl2FN4O3S/c1-38-27-31-10-9-21(32-27)24-25(34(36)26(33-24)23-18(28)12-17(35)13-19(23)29)16-7-8-20(30)22(11-16)37-14-15-5-3-2-4-6-15/h2-13,35-36H,14H2,1H3. The average Bonchev–Trinajstić information content (AvgIpc) is 3.25. The molecule has 0 atom stereocenters. The Morgan fingerprint density at radius 3 is 2.45 bits per heavy atom. The highest BCUT2D eigenvalue weighted by molar-refractivity contribution is 7.98. The summed E-state index contributed by atoms with van der Waals surface area (Å²) in [6.07, 6.45) is 3.41. The van der Waals surface area contributed by atoms with Gasteiger partial charge in [-0.3, -0.25) is 0 Å². The van der Waals surface area contributed by atoms with Crippen molar-refractivity contribution >= 4 is 35.0 Å². The fourth-order valence-corrected chi connectivity index (χ4v) is 4.85. The maximum absolute atomic E-state index is 14.7. The van der Waals surface area contributed by atoms with Gasteiger partial charge in [-0.2, -0.15) is 4.73 Å². The second-order valence-electron chi connectivity index (χ2n) is 8.08. The van der Waals surface area contributed by atoms with Crippen molar-refractivity contribution in [3.63, 3.8) is 0 Å². The van der Waals surface area contributed by atoms with Crippen LogP contribution in [0, 0.1) is 5.82 Å². The summed E-state index contributed by atoms with van der Waals surface area (Å²) in [6, 6.07) is 17.8. The van der Waals surface area contributed by atoms with Crippen LogP contribution in [0.2, 0.25) is 10.0 Å². The summed E-state index contributed by atoms with van der Waals surface area (Å²) in [6.45, 7) is 0.152. The number of hydrogen-bond donors (Lipinski definition) is 2. The smallest absolute Gasteiger partial charge is 0.187 e. The van der Waals surface area contributed by atoms with Crippen LogP contribution in [0.25, 0.3) is 34.0 Å². The number of halogens is 3. The van der Waals surface area contributed by atoms with Gasteiger partial charge in [0.2, 0.25) is 0 Å². The summed E-state index contributed by atoms with van der Waals surface area (Å²) in [5, 5.41) is 21.9. The van der Waals surface area contributed by atoms with E-state index in [1.807, 2.05) is 36.6 Å². The number of aromatic nitrogens is 4. The number of rotatable bonds is 7. The summed E-state index contributed by atoms with van der Waals surface area (Å²) in [5.41, 5.74) is 2.37. The van der Waals surface area contributed by atoms with Gasteiger partial charge in [0.05, 0.1) is 21.3 Å². The van der Waals surface area contributed by atoms with Crippen LogP contribution in [0.4, 0.5) is 4.39 Å². The Bertz CT molecular complexity index is 1610. The summed E-state index contributed by atoms with van der Waals surface area (Å²) in [5.74, 6) is -0.704. The topological polar surface area (TPSA) is 93.3 Å². The zero-order valence-electron chi connectivity index (χ0n) is 19.8. The van der Waals surface area contributed by atoms with E-state index < -0.39 is 5.82 Å². The summed E-state index contributed by atoms with van der Waals surface area (Å²) in [4.78, 5) is 13.4. The number of phenols is 1. The molecule has 0 unspecified atom stereocenters. The molecule has 38 heavy (non-hydrogen) atoms. The first-order valence-corrected chi connectivity index (χ1v) is 13.2. The molecule has 0 saturated carbocycles. The van der Waals surface area contributed by atoms with Gasteiger partial charge in [0.1, 0.15) is 23.7 Å². The lowest BCUT2D eigenvalue weighted by Crippen LogP contribution is -2.01. The highest BCUT2D eigenvalue weighted by Crippen LogP contribution is 2.42. The molecule has 0 bridgehead atoms. The van der Waals surface area contributed by atoms with Crippen LogP contribution in [0.1, 0.15) is 5.56 Å². The van der Waals surface area contributed by atoms with Crippen LogP contribution in [0.3, 0.4) is 0 Å². The second-order valence-corrected chi connectivity index (χ2v) is 9.66. The number of benzene rings is 3. The zero-order valence-corrected chi connectivity index (χ0v) is 22.1. The number of ether oxygens (including phenoxy) is 1. The van der Waals surface area contributed by atoms with E-state index in [1.165, 1.54) is 42.1 Å². The van der Waals surface area contributed by atoms with Crippen molar-refractivity contribution < 1.29 is 19.4 Å². The predicted octanol–water partition coefficient (Wildman–Crippen LogP) is 7.36. The first-order chi connectivity index (χ1) is 18.4. The summed E-state index contributed by atoms with van der Waals surface area (Å²) >= 11 is 14.1. The number of imidazole rings is 1. The molecule has 3 aromatic carbocycles. The molecule has 2 aromatic heterocycles. The van der Waals surface area contributed by atoms with Crippen molar-refractivity contribution in [1.29, 1.82) is 0 Å². The third-order valence-electron chi connectivity index (χ3n) is 5.61. The Kier molecular flexibility index (Phi) is 7.42. The molecule has 0 aliphatic rings.